The van der Waals surface area contributed by atoms with Crippen molar-refractivity contribution in [2.75, 3.05) is 5.32 Å². The summed E-state index contributed by atoms with van der Waals surface area (Å²) < 4.78 is 0.655. The van der Waals surface area contributed by atoms with Crippen LogP contribution in [-0.2, 0) is 6.42 Å². The number of para-hydroxylation sites is 1. The molecule has 1 heterocycles. The van der Waals surface area contributed by atoms with E-state index < -0.39 is 0 Å². The standard InChI is InChI=1S/C15H15BrN2O/c1-2-5-11-6-3-4-7-13(11)18-15(19)12-8-9-17-14(16)10-12/h3-4,6-10H,2,5H2,1H3,(H,18,19). The summed E-state index contributed by atoms with van der Waals surface area (Å²) in [5, 5.41) is 2.95. The third kappa shape index (κ3) is 3.64. The Kier molecular flexibility index (Phi) is 4.68. The maximum atomic E-state index is 12.2. The van der Waals surface area contributed by atoms with Gasteiger partial charge < -0.3 is 5.32 Å². The number of rotatable bonds is 4. The van der Waals surface area contributed by atoms with Gasteiger partial charge in [0, 0.05) is 17.4 Å². The third-order valence-corrected chi connectivity index (χ3v) is 3.21. The Morgan fingerprint density at radius 3 is 2.84 bits per heavy atom. The van der Waals surface area contributed by atoms with Crippen molar-refractivity contribution in [3.8, 4) is 0 Å². The minimum absolute atomic E-state index is 0.119. The number of pyridine rings is 1. The van der Waals surface area contributed by atoms with Crippen LogP contribution in [0.1, 0.15) is 29.3 Å². The van der Waals surface area contributed by atoms with Crippen LogP contribution in [0.4, 0.5) is 5.69 Å². The van der Waals surface area contributed by atoms with Crippen molar-refractivity contribution in [2.24, 2.45) is 0 Å². The molecule has 3 nitrogen and oxygen atoms in total. The van der Waals surface area contributed by atoms with Gasteiger partial charge in [-0.3, -0.25) is 4.79 Å². The van der Waals surface area contributed by atoms with Crippen LogP contribution in [0.5, 0.6) is 0 Å². The molecule has 0 saturated carbocycles. The number of hydrogen-bond donors (Lipinski definition) is 1. The zero-order chi connectivity index (χ0) is 13.7. The number of amides is 1. The zero-order valence-corrected chi connectivity index (χ0v) is 12.3. The van der Waals surface area contributed by atoms with Gasteiger partial charge in [0.2, 0.25) is 0 Å². The van der Waals surface area contributed by atoms with E-state index in [2.05, 4.69) is 33.2 Å². The minimum Gasteiger partial charge on any atom is -0.322 e. The largest absolute Gasteiger partial charge is 0.322 e. The van der Waals surface area contributed by atoms with Gasteiger partial charge in [-0.2, -0.15) is 0 Å². The number of carbonyl (C=O) groups is 1. The van der Waals surface area contributed by atoms with Gasteiger partial charge in [0.25, 0.3) is 5.91 Å². The lowest BCUT2D eigenvalue weighted by Gasteiger charge is -2.10. The molecule has 0 spiro atoms. The van der Waals surface area contributed by atoms with Gasteiger partial charge in [0.15, 0.2) is 0 Å². The van der Waals surface area contributed by atoms with E-state index in [1.54, 1.807) is 18.3 Å². The first kappa shape index (κ1) is 13.7. The lowest BCUT2D eigenvalue weighted by Crippen LogP contribution is -2.13. The number of aryl methyl sites for hydroxylation is 1. The van der Waals surface area contributed by atoms with E-state index >= 15 is 0 Å². The summed E-state index contributed by atoms with van der Waals surface area (Å²) in [4.78, 5) is 16.2. The van der Waals surface area contributed by atoms with Crippen LogP contribution in [0.3, 0.4) is 0 Å². The molecule has 0 unspecified atom stereocenters. The van der Waals surface area contributed by atoms with Gasteiger partial charge in [-0.1, -0.05) is 31.5 Å². The second kappa shape index (κ2) is 6.48. The summed E-state index contributed by atoms with van der Waals surface area (Å²) in [6, 6.07) is 11.3. The molecule has 0 radical (unpaired) electrons. The highest BCUT2D eigenvalue weighted by Gasteiger charge is 2.09. The van der Waals surface area contributed by atoms with Gasteiger partial charge in [-0.15, -0.1) is 0 Å². The molecular formula is C15H15BrN2O. The Bertz CT molecular complexity index is 584. The van der Waals surface area contributed by atoms with Gasteiger partial charge in [-0.05, 0) is 46.1 Å². The molecule has 0 aliphatic rings. The molecule has 1 aromatic heterocycles. The summed E-state index contributed by atoms with van der Waals surface area (Å²) in [7, 11) is 0. The molecule has 98 valence electrons. The van der Waals surface area contributed by atoms with E-state index in [0.717, 1.165) is 24.1 Å². The quantitative estimate of drug-likeness (QED) is 0.864. The van der Waals surface area contributed by atoms with Crippen LogP contribution < -0.4 is 5.32 Å². The lowest BCUT2D eigenvalue weighted by molar-refractivity contribution is 0.102. The molecule has 0 bridgehead atoms. The van der Waals surface area contributed by atoms with E-state index in [1.165, 1.54) is 0 Å². The summed E-state index contributed by atoms with van der Waals surface area (Å²) in [6.45, 7) is 2.12. The second-order valence-corrected chi connectivity index (χ2v) is 5.04. The number of anilines is 1. The fourth-order valence-corrected chi connectivity index (χ4v) is 2.23. The van der Waals surface area contributed by atoms with E-state index in [4.69, 9.17) is 0 Å². The van der Waals surface area contributed by atoms with Crippen LogP contribution in [0.2, 0.25) is 0 Å². The van der Waals surface area contributed by atoms with E-state index in [1.807, 2.05) is 24.3 Å². The highest BCUT2D eigenvalue weighted by molar-refractivity contribution is 9.10. The van der Waals surface area contributed by atoms with Crippen molar-refractivity contribution in [1.29, 1.82) is 0 Å². The minimum atomic E-state index is -0.119. The Morgan fingerprint density at radius 1 is 1.32 bits per heavy atom. The highest BCUT2D eigenvalue weighted by atomic mass is 79.9. The Balaban J connectivity index is 2.19. The van der Waals surface area contributed by atoms with Crippen molar-refractivity contribution in [2.45, 2.75) is 19.8 Å². The Labute approximate surface area is 121 Å². The van der Waals surface area contributed by atoms with E-state index in [0.29, 0.717) is 10.2 Å². The number of hydrogen-bond acceptors (Lipinski definition) is 2. The van der Waals surface area contributed by atoms with Gasteiger partial charge in [0.1, 0.15) is 4.60 Å². The summed E-state index contributed by atoms with van der Waals surface area (Å²) in [6.07, 6.45) is 3.61. The molecule has 0 atom stereocenters. The van der Waals surface area contributed by atoms with Crippen LogP contribution in [0.25, 0.3) is 0 Å². The second-order valence-electron chi connectivity index (χ2n) is 4.23. The molecule has 0 saturated heterocycles. The molecule has 1 N–H and O–H groups in total. The summed E-state index contributed by atoms with van der Waals surface area (Å²) >= 11 is 3.26. The normalized spacial score (nSPS) is 10.2. The first-order chi connectivity index (χ1) is 9.20. The van der Waals surface area contributed by atoms with Crippen LogP contribution in [0.15, 0.2) is 47.2 Å². The van der Waals surface area contributed by atoms with Gasteiger partial charge in [-0.25, -0.2) is 4.98 Å². The predicted octanol–water partition coefficient (Wildman–Crippen LogP) is 4.05. The van der Waals surface area contributed by atoms with Crippen LogP contribution >= 0.6 is 15.9 Å². The fraction of sp³-hybridized carbons (Fsp3) is 0.200. The van der Waals surface area contributed by atoms with Crippen LogP contribution in [0, 0.1) is 0 Å². The molecule has 4 heteroatoms. The number of nitrogens with one attached hydrogen (secondary N) is 1. The molecule has 0 aliphatic heterocycles. The fourth-order valence-electron chi connectivity index (χ4n) is 1.87. The predicted molar refractivity (Wildman–Crippen MR) is 80.3 cm³/mol. The average molecular weight is 319 g/mol. The maximum Gasteiger partial charge on any atom is 0.255 e. The Hall–Kier alpha value is -1.68. The topological polar surface area (TPSA) is 42.0 Å². The van der Waals surface area contributed by atoms with Crippen molar-refractivity contribution in [3.63, 3.8) is 0 Å². The molecule has 2 rings (SSSR count). The molecule has 1 amide bonds. The van der Waals surface area contributed by atoms with Crippen molar-refractivity contribution in [3.05, 3.63) is 58.3 Å². The van der Waals surface area contributed by atoms with Crippen molar-refractivity contribution in [1.82, 2.24) is 4.98 Å². The van der Waals surface area contributed by atoms with Crippen molar-refractivity contribution < 1.29 is 4.79 Å². The maximum absolute atomic E-state index is 12.2. The SMILES string of the molecule is CCCc1ccccc1NC(=O)c1ccnc(Br)c1. The Morgan fingerprint density at radius 2 is 2.11 bits per heavy atom. The number of benzene rings is 1. The number of halogens is 1. The van der Waals surface area contributed by atoms with Gasteiger partial charge in [0.05, 0.1) is 0 Å². The molecule has 0 fully saturated rings. The zero-order valence-electron chi connectivity index (χ0n) is 10.7. The van der Waals surface area contributed by atoms with E-state index in [9.17, 15) is 4.79 Å². The highest BCUT2D eigenvalue weighted by Crippen LogP contribution is 2.18. The molecular weight excluding hydrogens is 304 g/mol. The summed E-state index contributed by atoms with van der Waals surface area (Å²) in [5.41, 5.74) is 2.63. The first-order valence-corrected chi connectivity index (χ1v) is 7.01. The third-order valence-electron chi connectivity index (χ3n) is 2.77. The smallest absolute Gasteiger partial charge is 0.255 e. The summed E-state index contributed by atoms with van der Waals surface area (Å²) in [5.74, 6) is -0.119. The van der Waals surface area contributed by atoms with Gasteiger partial charge >= 0.3 is 0 Å². The molecule has 1 aromatic carbocycles. The van der Waals surface area contributed by atoms with E-state index in [-0.39, 0.29) is 5.91 Å². The van der Waals surface area contributed by atoms with Crippen molar-refractivity contribution >= 4 is 27.5 Å². The monoisotopic (exact) mass is 318 g/mol. The lowest BCUT2D eigenvalue weighted by atomic mass is 10.1. The molecule has 0 aliphatic carbocycles. The molecule has 19 heavy (non-hydrogen) atoms. The first-order valence-electron chi connectivity index (χ1n) is 6.21. The molecule has 2 aromatic rings. The average Bonchev–Trinajstić information content (AvgIpc) is 2.41. The number of nitrogens with zero attached hydrogens (tertiary/aromatic N) is 1. The number of aromatic nitrogens is 1. The van der Waals surface area contributed by atoms with Crippen LogP contribution in [-0.4, -0.2) is 10.9 Å². The number of carbonyl (C=O) groups excluding carboxylic acids is 1.